The number of benzene rings is 2. The molecule has 6 nitrogen and oxygen atoms in total. The number of esters is 1. The minimum Gasteiger partial charge on any atom is -0.452 e. The van der Waals surface area contributed by atoms with Crippen molar-refractivity contribution in [2.45, 2.75) is 6.92 Å². The average molecular weight is 523 g/mol. The van der Waals surface area contributed by atoms with Crippen LogP contribution in [0.3, 0.4) is 0 Å². The van der Waals surface area contributed by atoms with Crippen LogP contribution in [0.1, 0.15) is 15.9 Å². The molecule has 154 valence electrons. The van der Waals surface area contributed by atoms with Gasteiger partial charge in [0.25, 0.3) is 5.91 Å². The van der Waals surface area contributed by atoms with Crippen molar-refractivity contribution in [3.05, 3.63) is 87.8 Å². The largest absolute Gasteiger partial charge is 0.452 e. The van der Waals surface area contributed by atoms with E-state index < -0.39 is 11.9 Å². The van der Waals surface area contributed by atoms with Crippen molar-refractivity contribution in [2.75, 3.05) is 11.9 Å². The van der Waals surface area contributed by atoms with Gasteiger partial charge in [0, 0.05) is 32.6 Å². The van der Waals surface area contributed by atoms with Crippen LogP contribution in [0.15, 0.2) is 73.1 Å². The molecule has 0 spiro atoms. The van der Waals surface area contributed by atoms with Gasteiger partial charge in [-0.25, -0.2) is 9.78 Å². The summed E-state index contributed by atoms with van der Waals surface area (Å²) in [6, 6.07) is 18.4. The second-order valence-electron chi connectivity index (χ2n) is 6.89. The second-order valence-corrected chi connectivity index (χ2v) is 8.14. The molecule has 1 N–H and O–H groups in total. The predicted molar refractivity (Wildman–Crippen MR) is 128 cm³/mol. The van der Waals surface area contributed by atoms with Gasteiger partial charge in [0.15, 0.2) is 6.61 Å². The summed E-state index contributed by atoms with van der Waals surface area (Å²) in [5.41, 5.74) is 4.12. The SMILES string of the molecule is Cc1cc(I)ccc1NC(=O)COC(=O)c1cc(-c2ccncc2)nc2ccccc12. The standard InChI is InChI=1S/C24H18IN3O3/c1-15-12-17(25)6-7-20(15)28-23(29)14-31-24(30)19-13-22(16-8-10-26-11-9-16)27-21-5-3-2-4-18(19)21/h2-13H,14H2,1H3,(H,28,29). The number of carbonyl (C=O) groups excluding carboxylic acids is 2. The van der Waals surface area contributed by atoms with Crippen molar-refractivity contribution < 1.29 is 14.3 Å². The summed E-state index contributed by atoms with van der Waals surface area (Å²) in [7, 11) is 0. The molecule has 2 heterocycles. The number of para-hydroxylation sites is 1. The highest BCUT2D eigenvalue weighted by atomic mass is 127. The maximum Gasteiger partial charge on any atom is 0.339 e. The van der Waals surface area contributed by atoms with Crippen LogP contribution < -0.4 is 5.32 Å². The van der Waals surface area contributed by atoms with Gasteiger partial charge in [0.05, 0.1) is 16.8 Å². The van der Waals surface area contributed by atoms with E-state index in [2.05, 4.69) is 37.9 Å². The molecule has 0 atom stereocenters. The lowest BCUT2D eigenvalue weighted by atomic mass is 10.0. The van der Waals surface area contributed by atoms with E-state index in [9.17, 15) is 9.59 Å². The van der Waals surface area contributed by atoms with Gasteiger partial charge in [-0.15, -0.1) is 0 Å². The maximum absolute atomic E-state index is 12.9. The number of carbonyl (C=O) groups is 2. The number of hydrogen-bond acceptors (Lipinski definition) is 5. The Morgan fingerprint density at radius 1 is 1.03 bits per heavy atom. The normalized spacial score (nSPS) is 10.6. The number of nitrogens with zero attached hydrogens (tertiary/aromatic N) is 2. The number of pyridine rings is 2. The van der Waals surface area contributed by atoms with E-state index in [1.54, 1.807) is 18.5 Å². The van der Waals surface area contributed by atoms with Gasteiger partial charge < -0.3 is 10.1 Å². The van der Waals surface area contributed by atoms with E-state index in [0.29, 0.717) is 27.8 Å². The molecule has 31 heavy (non-hydrogen) atoms. The van der Waals surface area contributed by atoms with Gasteiger partial charge in [-0.05, 0) is 77.5 Å². The molecule has 0 saturated heterocycles. The molecular formula is C24H18IN3O3. The lowest BCUT2D eigenvalue weighted by Crippen LogP contribution is -2.21. The topological polar surface area (TPSA) is 81.2 Å². The monoisotopic (exact) mass is 523 g/mol. The van der Waals surface area contributed by atoms with Crippen molar-refractivity contribution in [1.82, 2.24) is 9.97 Å². The summed E-state index contributed by atoms with van der Waals surface area (Å²) >= 11 is 2.21. The smallest absolute Gasteiger partial charge is 0.339 e. The average Bonchev–Trinajstić information content (AvgIpc) is 2.79. The summed E-state index contributed by atoms with van der Waals surface area (Å²) in [5, 5.41) is 3.45. The number of hydrogen-bond donors (Lipinski definition) is 1. The maximum atomic E-state index is 12.9. The van der Waals surface area contributed by atoms with Crippen molar-refractivity contribution >= 4 is 51.1 Å². The number of nitrogens with one attached hydrogen (secondary N) is 1. The highest BCUT2D eigenvalue weighted by Crippen LogP contribution is 2.25. The fourth-order valence-electron chi connectivity index (χ4n) is 3.18. The lowest BCUT2D eigenvalue weighted by Gasteiger charge is -2.11. The molecule has 0 fully saturated rings. The Balaban J connectivity index is 1.55. The number of aromatic nitrogens is 2. The highest BCUT2D eigenvalue weighted by molar-refractivity contribution is 14.1. The summed E-state index contributed by atoms with van der Waals surface area (Å²) < 4.78 is 6.41. The van der Waals surface area contributed by atoms with Crippen molar-refractivity contribution in [3.8, 4) is 11.3 Å². The molecule has 0 saturated carbocycles. The zero-order valence-corrected chi connectivity index (χ0v) is 18.8. The van der Waals surface area contributed by atoms with E-state index in [-0.39, 0.29) is 6.61 Å². The van der Waals surface area contributed by atoms with Gasteiger partial charge in [-0.1, -0.05) is 18.2 Å². The molecular weight excluding hydrogens is 505 g/mol. The lowest BCUT2D eigenvalue weighted by molar-refractivity contribution is -0.119. The minimum absolute atomic E-state index is 0.357. The Labute approximate surface area is 192 Å². The third-order valence-electron chi connectivity index (χ3n) is 4.71. The first-order valence-corrected chi connectivity index (χ1v) is 10.6. The fraction of sp³-hybridized carbons (Fsp3) is 0.0833. The molecule has 2 aromatic heterocycles. The molecule has 0 aliphatic carbocycles. The van der Waals surface area contributed by atoms with E-state index in [1.807, 2.05) is 61.5 Å². The van der Waals surface area contributed by atoms with Gasteiger partial charge in [-0.2, -0.15) is 0 Å². The van der Waals surface area contributed by atoms with Crippen LogP contribution >= 0.6 is 22.6 Å². The number of anilines is 1. The molecule has 0 unspecified atom stereocenters. The third kappa shape index (κ3) is 4.88. The Morgan fingerprint density at radius 2 is 1.81 bits per heavy atom. The minimum atomic E-state index is -0.580. The van der Waals surface area contributed by atoms with Gasteiger partial charge >= 0.3 is 5.97 Å². The van der Waals surface area contributed by atoms with Crippen LogP contribution in [-0.4, -0.2) is 28.5 Å². The fourth-order valence-corrected chi connectivity index (χ4v) is 3.82. The first kappa shape index (κ1) is 20.9. The molecule has 7 heteroatoms. The van der Waals surface area contributed by atoms with E-state index in [0.717, 1.165) is 14.7 Å². The first-order valence-electron chi connectivity index (χ1n) is 9.54. The quantitative estimate of drug-likeness (QED) is 0.294. The second kappa shape index (κ2) is 9.22. The summed E-state index contributed by atoms with van der Waals surface area (Å²) in [5.74, 6) is -0.978. The molecule has 2 aromatic carbocycles. The van der Waals surface area contributed by atoms with Crippen LogP contribution in [-0.2, 0) is 9.53 Å². The summed E-state index contributed by atoms with van der Waals surface area (Å²) in [6.45, 7) is 1.53. The van der Waals surface area contributed by atoms with Gasteiger partial charge in [0.2, 0.25) is 0 Å². The van der Waals surface area contributed by atoms with Crippen LogP contribution in [0, 0.1) is 10.5 Å². The van der Waals surface area contributed by atoms with Crippen LogP contribution in [0.4, 0.5) is 5.69 Å². The number of aryl methyl sites for hydroxylation is 1. The molecule has 4 rings (SSSR count). The summed E-state index contributed by atoms with van der Waals surface area (Å²) in [4.78, 5) is 33.9. The van der Waals surface area contributed by atoms with Crippen LogP contribution in [0.2, 0.25) is 0 Å². The zero-order chi connectivity index (χ0) is 21.8. The first-order chi connectivity index (χ1) is 15.0. The molecule has 0 aliphatic heterocycles. The Kier molecular flexibility index (Phi) is 6.22. The molecule has 0 bridgehead atoms. The number of rotatable bonds is 5. The number of halogens is 1. The van der Waals surface area contributed by atoms with Crippen molar-refractivity contribution in [2.24, 2.45) is 0 Å². The van der Waals surface area contributed by atoms with E-state index in [1.165, 1.54) is 0 Å². The van der Waals surface area contributed by atoms with E-state index in [4.69, 9.17) is 4.74 Å². The predicted octanol–water partition coefficient (Wildman–Crippen LogP) is 5.01. The zero-order valence-electron chi connectivity index (χ0n) is 16.6. The number of ether oxygens (including phenoxy) is 1. The molecule has 4 aromatic rings. The molecule has 1 amide bonds. The van der Waals surface area contributed by atoms with Crippen molar-refractivity contribution in [1.29, 1.82) is 0 Å². The van der Waals surface area contributed by atoms with Gasteiger partial charge in [-0.3, -0.25) is 9.78 Å². The molecule has 0 aliphatic rings. The number of amides is 1. The highest BCUT2D eigenvalue weighted by Gasteiger charge is 2.17. The van der Waals surface area contributed by atoms with E-state index >= 15 is 0 Å². The van der Waals surface area contributed by atoms with Crippen LogP contribution in [0.5, 0.6) is 0 Å². The summed E-state index contributed by atoms with van der Waals surface area (Å²) in [6.07, 6.45) is 3.34. The van der Waals surface area contributed by atoms with Crippen LogP contribution in [0.25, 0.3) is 22.2 Å². The Bertz CT molecular complexity index is 1280. The molecule has 0 radical (unpaired) electrons. The van der Waals surface area contributed by atoms with Gasteiger partial charge in [0.1, 0.15) is 0 Å². The Hall–Kier alpha value is -3.33. The number of fused-ring (bicyclic) bond motifs is 1. The van der Waals surface area contributed by atoms with Crippen molar-refractivity contribution in [3.63, 3.8) is 0 Å². The third-order valence-corrected chi connectivity index (χ3v) is 5.38. The Morgan fingerprint density at radius 3 is 2.58 bits per heavy atom.